The Kier molecular flexibility index (Phi) is 20.9. The SMILES string of the molecule is O=S([O-])([O-])=S.[Na+].[Na+].[O-][I+3]([O-])([O-])O. The van der Waals surface area contributed by atoms with E-state index in [1.165, 1.54) is 0 Å². The molecule has 0 rings (SSSR count). The predicted octanol–water partition coefficient (Wildman–Crippen LogP) is -14.1. The number of rotatable bonds is 0. The van der Waals surface area contributed by atoms with Gasteiger partial charge in [0, 0.05) is 3.44 Å². The van der Waals surface area contributed by atoms with Crippen molar-refractivity contribution in [3.63, 3.8) is 0 Å². The van der Waals surface area contributed by atoms with Crippen molar-refractivity contribution in [1.29, 1.82) is 0 Å². The van der Waals surface area contributed by atoms with E-state index in [9.17, 15) is 0 Å². The van der Waals surface area contributed by atoms with Gasteiger partial charge in [-0.2, -0.15) is 0 Å². The molecule has 0 aromatic carbocycles. The molecule has 0 amide bonds. The second-order valence-electron chi connectivity index (χ2n) is 0.804. The summed E-state index contributed by atoms with van der Waals surface area (Å²) < 4.78 is 59.9. The zero-order chi connectivity index (χ0) is 9.00. The summed E-state index contributed by atoms with van der Waals surface area (Å²) in [5.74, 6) is 0. The van der Waals surface area contributed by atoms with Gasteiger partial charge >= 0.3 is 79.2 Å². The fraction of sp³-hybridized carbons (Fsp3) is 0. The zero-order valence-corrected chi connectivity index (χ0v) is 13.9. The molecule has 12 heteroatoms. The van der Waals surface area contributed by atoms with Crippen LogP contribution in [0.4, 0.5) is 0 Å². The first-order chi connectivity index (χ1) is 4.00. The molecular formula is HINa2O7S2. The molecule has 0 aliphatic heterocycles. The Balaban J connectivity index is -0.0000000457. The third kappa shape index (κ3) is 221. The van der Waals surface area contributed by atoms with Crippen LogP contribution >= 0.6 is 0 Å². The van der Waals surface area contributed by atoms with E-state index in [1.807, 2.05) is 0 Å². The van der Waals surface area contributed by atoms with Crippen LogP contribution in [0.1, 0.15) is 0 Å². The van der Waals surface area contributed by atoms with Crippen molar-refractivity contribution in [1.82, 2.24) is 0 Å². The minimum absolute atomic E-state index is 0. The summed E-state index contributed by atoms with van der Waals surface area (Å²) in [4.78, 5) is 0. The maximum atomic E-state index is 8.89. The largest absolute Gasteiger partial charge is 1.00 e. The summed E-state index contributed by atoms with van der Waals surface area (Å²) in [7, 11) is -4.33. The van der Waals surface area contributed by atoms with Crippen molar-refractivity contribution in [2.24, 2.45) is 0 Å². The summed E-state index contributed by atoms with van der Waals surface area (Å²) in [6, 6.07) is 0. The minimum atomic E-state index is -5.69. The normalized spacial score (nSPS) is 9.83. The topological polar surface area (TPSA) is 153 Å². The van der Waals surface area contributed by atoms with Gasteiger partial charge in [-0.1, -0.05) is 0 Å². The van der Waals surface area contributed by atoms with Crippen molar-refractivity contribution < 1.29 is 106 Å². The van der Waals surface area contributed by atoms with Gasteiger partial charge in [-0.3, -0.25) is 14.5 Å². The molecule has 0 aliphatic rings. The molecule has 0 aromatic rings. The smallest absolute Gasteiger partial charge is 0.780 e. The van der Waals surface area contributed by atoms with E-state index in [4.69, 9.17) is 27.1 Å². The predicted molar refractivity (Wildman–Crippen MR) is 19.3 cm³/mol. The molecule has 0 saturated heterocycles. The van der Waals surface area contributed by atoms with Crippen LogP contribution in [0.25, 0.3) is 0 Å². The van der Waals surface area contributed by atoms with Crippen LogP contribution in [-0.2, 0) is 20.2 Å². The summed E-state index contributed by atoms with van der Waals surface area (Å²) in [5, 5.41) is 0. The van der Waals surface area contributed by atoms with Gasteiger partial charge in [-0.15, -0.1) is 9.05 Å². The van der Waals surface area contributed by atoms with Crippen LogP contribution < -0.4 is 89.5 Å². The molecule has 0 spiro atoms. The monoisotopic (exact) mass is 350 g/mol. The van der Waals surface area contributed by atoms with Crippen molar-refractivity contribution >= 4 is 20.2 Å². The average Bonchev–Trinajstić information content (AvgIpc) is 1.12. The first-order valence-corrected chi connectivity index (χ1v) is 7.24. The van der Waals surface area contributed by atoms with Crippen LogP contribution in [0.3, 0.4) is 0 Å². The minimum Gasteiger partial charge on any atom is -0.780 e. The first-order valence-electron chi connectivity index (χ1n) is 1.30. The Morgan fingerprint density at radius 3 is 1.17 bits per heavy atom. The Bertz CT molecular complexity index is 154. The van der Waals surface area contributed by atoms with Gasteiger partial charge in [0.15, 0.2) is 0 Å². The third-order valence-electron chi connectivity index (χ3n) is 0. The standard InChI is InChI=1S/HIO4.2Na.H2O3S2/c2-1(3,4)5;;;1-5(2,3)4/h2H;;;(H2,1,2,3,4)/q;2*+1;/p-2. The maximum Gasteiger partial charge on any atom is 1.00 e. The summed E-state index contributed by atoms with van der Waals surface area (Å²) in [6.45, 7) is 0. The summed E-state index contributed by atoms with van der Waals surface area (Å²) >= 11 is -2.45. The molecule has 0 radical (unpaired) electrons. The van der Waals surface area contributed by atoms with Crippen molar-refractivity contribution in [2.75, 3.05) is 0 Å². The van der Waals surface area contributed by atoms with Crippen molar-refractivity contribution in [3.05, 3.63) is 0 Å². The Morgan fingerprint density at radius 1 is 1.17 bits per heavy atom. The van der Waals surface area contributed by atoms with E-state index in [0.29, 0.717) is 0 Å². The van der Waals surface area contributed by atoms with E-state index in [1.54, 1.807) is 0 Å². The van der Waals surface area contributed by atoms with Gasteiger partial charge in [0.1, 0.15) is 0 Å². The number of hydrogen-bond donors (Lipinski definition) is 1. The molecule has 0 heterocycles. The van der Waals surface area contributed by atoms with Crippen LogP contribution in [0.15, 0.2) is 0 Å². The molecule has 12 heavy (non-hydrogen) atoms. The number of halogens is 1. The van der Waals surface area contributed by atoms with E-state index in [2.05, 4.69) is 11.2 Å². The zero-order valence-electron chi connectivity index (χ0n) is 6.09. The molecule has 7 nitrogen and oxygen atoms in total. The molecular weight excluding hydrogens is 349 g/mol. The van der Waals surface area contributed by atoms with Gasteiger partial charge in [0.2, 0.25) is 0 Å². The number of hydrogen-bond acceptors (Lipinski definition) is 8. The van der Waals surface area contributed by atoms with Gasteiger partial charge in [-0.05, 0) is 11.2 Å². The van der Waals surface area contributed by atoms with E-state index >= 15 is 0 Å². The fourth-order valence-electron chi connectivity index (χ4n) is 0. The molecule has 0 aromatic heterocycles. The van der Waals surface area contributed by atoms with Crippen LogP contribution in [0, 0.1) is 0 Å². The van der Waals surface area contributed by atoms with E-state index in [-0.39, 0.29) is 59.1 Å². The van der Waals surface area contributed by atoms with Crippen molar-refractivity contribution in [2.45, 2.75) is 0 Å². The second-order valence-corrected chi connectivity index (χ2v) is 5.11. The Hall–Kier alpha value is 2.86. The van der Waals surface area contributed by atoms with Crippen LogP contribution in [0.2, 0.25) is 0 Å². The molecule has 0 bridgehead atoms. The molecule has 0 unspecified atom stereocenters. The average molecular weight is 350 g/mol. The van der Waals surface area contributed by atoms with Crippen molar-refractivity contribution in [3.8, 4) is 0 Å². The molecule has 1 N–H and O–H groups in total. The molecule has 0 aliphatic carbocycles. The van der Waals surface area contributed by atoms with E-state index < -0.39 is 29.1 Å². The van der Waals surface area contributed by atoms with Gasteiger partial charge in [0.05, 0.1) is 0 Å². The first kappa shape index (κ1) is 24.2. The molecule has 0 atom stereocenters. The van der Waals surface area contributed by atoms with Crippen LogP contribution in [-0.4, -0.2) is 16.8 Å². The van der Waals surface area contributed by atoms with Crippen LogP contribution in [0.5, 0.6) is 0 Å². The maximum absolute atomic E-state index is 8.89. The van der Waals surface area contributed by atoms with Gasteiger partial charge < -0.3 is 9.11 Å². The summed E-state index contributed by atoms with van der Waals surface area (Å²) in [6.07, 6.45) is 0. The quantitative estimate of drug-likeness (QED) is 0.334. The van der Waals surface area contributed by atoms with E-state index in [0.717, 1.165) is 0 Å². The Morgan fingerprint density at radius 2 is 1.17 bits per heavy atom. The summed E-state index contributed by atoms with van der Waals surface area (Å²) in [5.41, 5.74) is 0. The molecule has 0 fully saturated rings. The molecule has 0 saturated carbocycles. The Labute approximate surface area is 124 Å². The molecule has 64 valence electrons. The second kappa shape index (κ2) is 10.4. The van der Waals surface area contributed by atoms with Gasteiger partial charge in [-0.25, -0.2) is 0 Å². The van der Waals surface area contributed by atoms with Gasteiger partial charge in [0.25, 0.3) is 0 Å². The third-order valence-corrected chi connectivity index (χ3v) is 0. The fourth-order valence-corrected chi connectivity index (χ4v) is 0.